The van der Waals surface area contributed by atoms with Gasteiger partial charge in [0.15, 0.2) is 0 Å². The van der Waals surface area contributed by atoms with Gasteiger partial charge in [-0.05, 0) is 50.7 Å². The summed E-state index contributed by atoms with van der Waals surface area (Å²) in [6.07, 6.45) is 4.93. The Hall–Kier alpha value is -2.23. The van der Waals surface area contributed by atoms with E-state index in [4.69, 9.17) is 0 Å². The smallest absolute Gasteiger partial charge is 0.272 e. The van der Waals surface area contributed by atoms with E-state index in [1.54, 1.807) is 12.3 Å². The van der Waals surface area contributed by atoms with Crippen molar-refractivity contribution in [3.63, 3.8) is 0 Å². The van der Waals surface area contributed by atoms with Gasteiger partial charge in [0.25, 0.3) is 5.91 Å². The van der Waals surface area contributed by atoms with Gasteiger partial charge < -0.3 is 4.90 Å². The maximum atomic E-state index is 12.6. The van der Waals surface area contributed by atoms with Crippen LogP contribution < -0.4 is 0 Å². The molecule has 1 amide bonds. The molecule has 0 spiro atoms. The van der Waals surface area contributed by atoms with Crippen molar-refractivity contribution in [1.82, 2.24) is 14.9 Å². The lowest BCUT2D eigenvalue weighted by Crippen LogP contribution is -2.40. The van der Waals surface area contributed by atoms with Crippen LogP contribution in [0.3, 0.4) is 0 Å². The van der Waals surface area contributed by atoms with E-state index in [0.717, 1.165) is 25.9 Å². The number of amides is 1. The maximum Gasteiger partial charge on any atom is 0.272 e. The average Bonchev–Trinajstić information content (AvgIpc) is 2.56. The van der Waals surface area contributed by atoms with E-state index in [-0.39, 0.29) is 5.91 Å². The zero-order valence-corrected chi connectivity index (χ0v) is 13.8. The summed E-state index contributed by atoms with van der Waals surface area (Å²) in [6.45, 7) is 5.56. The number of piperidine rings is 1. The molecule has 0 unspecified atom stereocenters. The van der Waals surface area contributed by atoms with Crippen LogP contribution >= 0.6 is 0 Å². The third-order valence-corrected chi connectivity index (χ3v) is 4.45. The van der Waals surface area contributed by atoms with Crippen LogP contribution in [0, 0.1) is 19.8 Å². The highest BCUT2D eigenvalue weighted by molar-refractivity contribution is 5.92. The number of benzene rings is 1. The van der Waals surface area contributed by atoms with Gasteiger partial charge in [-0.1, -0.05) is 29.8 Å². The fraction of sp³-hybridized carbons (Fsp3) is 0.421. The first kappa shape index (κ1) is 15.7. The molecule has 0 radical (unpaired) electrons. The summed E-state index contributed by atoms with van der Waals surface area (Å²) in [5.74, 6) is 1.20. The van der Waals surface area contributed by atoms with Crippen molar-refractivity contribution >= 4 is 5.91 Å². The number of hydrogen-bond donors (Lipinski definition) is 0. The van der Waals surface area contributed by atoms with Gasteiger partial charge in [0.1, 0.15) is 11.5 Å². The summed E-state index contributed by atoms with van der Waals surface area (Å²) in [6, 6.07) is 10.4. The minimum absolute atomic E-state index is 0.0316. The Labute approximate surface area is 137 Å². The highest BCUT2D eigenvalue weighted by atomic mass is 16.2. The van der Waals surface area contributed by atoms with Crippen LogP contribution in [0.4, 0.5) is 0 Å². The van der Waals surface area contributed by atoms with Gasteiger partial charge in [-0.2, -0.15) is 0 Å². The molecule has 0 N–H and O–H groups in total. The summed E-state index contributed by atoms with van der Waals surface area (Å²) in [5, 5.41) is 0. The van der Waals surface area contributed by atoms with Crippen LogP contribution in [0.2, 0.25) is 0 Å². The third-order valence-electron chi connectivity index (χ3n) is 4.45. The molecule has 2 aromatic rings. The topological polar surface area (TPSA) is 46.1 Å². The Kier molecular flexibility index (Phi) is 4.70. The van der Waals surface area contributed by atoms with Crippen molar-refractivity contribution in [2.24, 2.45) is 5.92 Å². The molecule has 1 aliphatic heterocycles. The molecule has 0 bridgehead atoms. The van der Waals surface area contributed by atoms with Crippen molar-refractivity contribution in [2.45, 2.75) is 33.1 Å². The van der Waals surface area contributed by atoms with Crippen molar-refractivity contribution in [1.29, 1.82) is 0 Å². The Bertz CT molecular complexity index is 681. The molecule has 1 saturated heterocycles. The molecule has 1 fully saturated rings. The number of aryl methyl sites for hydroxylation is 2. The number of aromatic nitrogens is 2. The predicted molar refractivity (Wildman–Crippen MR) is 90.3 cm³/mol. The van der Waals surface area contributed by atoms with E-state index in [1.807, 2.05) is 11.8 Å². The van der Waals surface area contributed by atoms with Gasteiger partial charge in [-0.15, -0.1) is 0 Å². The van der Waals surface area contributed by atoms with Crippen molar-refractivity contribution in [3.05, 3.63) is 59.2 Å². The molecule has 0 aliphatic carbocycles. The van der Waals surface area contributed by atoms with Gasteiger partial charge in [0.2, 0.25) is 0 Å². The summed E-state index contributed by atoms with van der Waals surface area (Å²) >= 11 is 0. The monoisotopic (exact) mass is 309 g/mol. The largest absolute Gasteiger partial charge is 0.337 e. The Morgan fingerprint density at radius 2 is 2.00 bits per heavy atom. The molecule has 2 heterocycles. The van der Waals surface area contributed by atoms with Gasteiger partial charge in [0, 0.05) is 19.3 Å². The van der Waals surface area contributed by atoms with E-state index < -0.39 is 0 Å². The summed E-state index contributed by atoms with van der Waals surface area (Å²) in [7, 11) is 0. The molecule has 1 atom stereocenters. The zero-order valence-electron chi connectivity index (χ0n) is 13.8. The van der Waals surface area contributed by atoms with Crippen molar-refractivity contribution < 1.29 is 4.79 Å². The molecular formula is C19H23N3O. The Morgan fingerprint density at radius 1 is 1.22 bits per heavy atom. The van der Waals surface area contributed by atoms with Gasteiger partial charge in [-0.3, -0.25) is 4.79 Å². The first-order valence-corrected chi connectivity index (χ1v) is 8.26. The lowest BCUT2D eigenvalue weighted by atomic mass is 9.91. The molecule has 1 aromatic carbocycles. The molecule has 1 aromatic heterocycles. The molecule has 4 nitrogen and oxygen atoms in total. The number of hydrogen-bond acceptors (Lipinski definition) is 3. The van der Waals surface area contributed by atoms with Gasteiger partial charge in [0.05, 0.1) is 0 Å². The summed E-state index contributed by atoms with van der Waals surface area (Å²) in [5.41, 5.74) is 3.15. The van der Waals surface area contributed by atoms with Crippen molar-refractivity contribution in [3.8, 4) is 0 Å². The number of carbonyl (C=O) groups is 1. The fourth-order valence-electron chi connectivity index (χ4n) is 3.21. The summed E-state index contributed by atoms with van der Waals surface area (Å²) < 4.78 is 0. The molecule has 0 saturated carbocycles. The molecule has 3 rings (SSSR count). The second-order valence-corrected chi connectivity index (χ2v) is 6.44. The Morgan fingerprint density at radius 3 is 2.74 bits per heavy atom. The lowest BCUT2D eigenvalue weighted by molar-refractivity contribution is 0.0667. The van der Waals surface area contributed by atoms with E-state index >= 15 is 0 Å². The van der Waals surface area contributed by atoms with Crippen LogP contribution in [-0.4, -0.2) is 33.9 Å². The molecular weight excluding hydrogens is 286 g/mol. The third kappa shape index (κ3) is 3.95. The normalized spacial score (nSPS) is 18.0. The SMILES string of the molecule is Cc1ccc(C[C@H]2CCCN(C(=O)c3ccnc(C)n3)C2)cc1. The van der Waals surface area contributed by atoms with Gasteiger partial charge in [-0.25, -0.2) is 9.97 Å². The molecule has 23 heavy (non-hydrogen) atoms. The minimum Gasteiger partial charge on any atom is -0.337 e. The fourth-order valence-corrected chi connectivity index (χ4v) is 3.21. The first-order valence-electron chi connectivity index (χ1n) is 8.26. The van der Waals surface area contributed by atoms with E-state index in [9.17, 15) is 4.79 Å². The zero-order chi connectivity index (χ0) is 16.2. The van der Waals surface area contributed by atoms with Crippen LogP contribution in [0.1, 0.15) is 40.3 Å². The van der Waals surface area contributed by atoms with Crippen LogP contribution in [0.25, 0.3) is 0 Å². The van der Waals surface area contributed by atoms with E-state index in [1.165, 1.54) is 17.5 Å². The quantitative estimate of drug-likeness (QED) is 0.875. The van der Waals surface area contributed by atoms with Crippen LogP contribution in [-0.2, 0) is 6.42 Å². The second-order valence-electron chi connectivity index (χ2n) is 6.44. The number of carbonyl (C=O) groups excluding carboxylic acids is 1. The van der Waals surface area contributed by atoms with E-state index in [0.29, 0.717) is 17.4 Å². The molecule has 120 valence electrons. The highest BCUT2D eigenvalue weighted by Crippen LogP contribution is 2.22. The van der Waals surface area contributed by atoms with E-state index in [2.05, 4.69) is 41.2 Å². The predicted octanol–water partition coefficient (Wildman–Crippen LogP) is 3.19. The second kappa shape index (κ2) is 6.90. The van der Waals surface area contributed by atoms with Crippen molar-refractivity contribution in [2.75, 3.05) is 13.1 Å². The first-order chi connectivity index (χ1) is 11.1. The number of likely N-dealkylation sites (tertiary alicyclic amines) is 1. The highest BCUT2D eigenvalue weighted by Gasteiger charge is 2.25. The maximum absolute atomic E-state index is 12.6. The summed E-state index contributed by atoms with van der Waals surface area (Å²) in [4.78, 5) is 22.9. The Balaban J connectivity index is 1.66. The minimum atomic E-state index is 0.0316. The van der Waals surface area contributed by atoms with Crippen LogP contribution in [0.15, 0.2) is 36.5 Å². The standard InChI is InChI=1S/C19H23N3O/c1-14-5-7-16(8-6-14)12-17-4-3-11-22(13-17)19(23)18-9-10-20-15(2)21-18/h5-10,17H,3-4,11-13H2,1-2H3/t17-/m1/s1. The molecule has 1 aliphatic rings. The van der Waals surface area contributed by atoms with Crippen LogP contribution in [0.5, 0.6) is 0 Å². The average molecular weight is 309 g/mol. The number of nitrogens with zero attached hydrogens (tertiary/aromatic N) is 3. The van der Waals surface area contributed by atoms with Gasteiger partial charge >= 0.3 is 0 Å². The lowest BCUT2D eigenvalue weighted by Gasteiger charge is -2.32. The molecule has 4 heteroatoms. The number of rotatable bonds is 3.